The first kappa shape index (κ1) is 11.5. The molecular weight excluding hydrogens is 244 g/mol. The summed E-state index contributed by atoms with van der Waals surface area (Å²) in [6, 6.07) is 0. The lowest BCUT2D eigenvalue weighted by Crippen LogP contribution is -2.12. The van der Waals surface area contributed by atoms with Crippen LogP contribution in [0.25, 0.3) is 5.82 Å². The number of carboxylic acids is 1. The van der Waals surface area contributed by atoms with E-state index in [2.05, 4.69) is 15.1 Å². The van der Waals surface area contributed by atoms with Gasteiger partial charge in [-0.25, -0.2) is 19.4 Å². The van der Waals surface area contributed by atoms with E-state index in [1.807, 2.05) is 0 Å². The lowest BCUT2D eigenvalue weighted by atomic mass is 10.3. The van der Waals surface area contributed by atoms with Gasteiger partial charge < -0.3 is 5.11 Å². The molecule has 2 rings (SSSR count). The molecule has 0 atom stereocenters. The normalized spacial score (nSPS) is 10.5. The molecule has 2 heterocycles. The average molecular weight is 253 g/mol. The molecular formula is C10H9ClN4O2. The van der Waals surface area contributed by atoms with Gasteiger partial charge >= 0.3 is 5.97 Å². The molecule has 0 bridgehead atoms. The quantitative estimate of drug-likeness (QED) is 0.879. The van der Waals surface area contributed by atoms with E-state index in [0.717, 1.165) is 0 Å². The molecule has 6 nitrogen and oxygen atoms in total. The molecule has 88 valence electrons. The number of aromatic nitrogens is 4. The van der Waals surface area contributed by atoms with Gasteiger partial charge in [0.25, 0.3) is 0 Å². The number of aromatic carboxylic acids is 1. The molecule has 17 heavy (non-hydrogen) atoms. The maximum absolute atomic E-state index is 11.0. The maximum Gasteiger partial charge on any atom is 0.358 e. The number of carbonyl (C=O) groups is 1. The van der Waals surface area contributed by atoms with Gasteiger partial charge in [0.15, 0.2) is 11.5 Å². The Morgan fingerprint density at radius 1 is 1.35 bits per heavy atom. The summed E-state index contributed by atoms with van der Waals surface area (Å²) in [7, 11) is 0. The molecule has 0 saturated heterocycles. The van der Waals surface area contributed by atoms with Crippen LogP contribution in [0.4, 0.5) is 0 Å². The minimum atomic E-state index is -1.16. The van der Waals surface area contributed by atoms with Crippen LogP contribution in [0.15, 0.2) is 12.4 Å². The molecule has 2 aromatic rings. The number of aryl methyl sites for hydroxylation is 1. The van der Waals surface area contributed by atoms with Crippen molar-refractivity contribution in [2.45, 2.75) is 13.8 Å². The van der Waals surface area contributed by atoms with Gasteiger partial charge in [0, 0.05) is 12.4 Å². The van der Waals surface area contributed by atoms with Crippen molar-refractivity contribution < 1.29 is 9.90 Å². The van der Waals surface area contributed by atoms with Gasteiger partial charge in [-0.1, -0.05) is 11.6 Å². The van der Waals surface area contributed by atoms with Gasteiger partial charge in [0.2, 0.25) is 0 Å². The fourth-order valence-electron chi connectivity index (χ4n) is 1.47. The van der Waals surface area contributed by atoms with Crippen molar-refractivity contribution in [2.24, 2.45) is 0 Å². The van der Waals surface area contributed by atoms with Crippen molar-refractivity contribution in [3.05, 3.63) is 34.5 Å². The van der Waals surface area contributed by atoms with Crippen molar-refractivity contribution in [1.82, 2.24) is 19.7 Å². The van der Waals surface area contributed by atoms with E-state index in [4.69, 9.17) is 16.7 Å². The first-order valence-corrected chi connectivity index (χ1v) is 5.16. The monoisotopic (exact) mass is 252 g/mol. The predicted molar refractivity (Wildman–Crippen MR) is 60.6 cm³/mol. The van der Waals surface area contributed by atoms with Gasteiger partial charge in [-0.15, -0.1) is 0 Å². The molecule has 0 aromatic carbocycles. The van der Waals surface area contributed by atoms with E-state index in [0.29, 0.717) is 16.4 Å². The van der Waals surface area contributed by atoms with E-state index in [9.17, 15) is 4.79 Å². The van der Waals surface area contributed by atoms with Crippen LogP contribution < -0.4 is 0 Å². The highest BCUT2D eigenvalue weighted by Crippen LogP contribution is 2.22. The highest BCUT2D eigenvalue weighted by Gasteiger charge is 2.19. The zero-order chi connectivity index (χ0) is 12.6. The van der Waals surface area contributed by atoms with E-state index in [-0.39, 0.29) is 11.5 Å². The summed E-state index contributed by atoms with van der Waals surface area (Å²) < 4.78 is 1.38. The number of carboxylic acid groups (broad SMARTS) is 1. The summed E-state index contributed by atoms with van der Waals surface area (Å²) in [5.41, 5.74) is 1.09. The largest absolute Gasteiger partial charge is 0.476 e. The Morgan fingerprint density at radius 3 is 2.53 bits per heavy atom. The highest BCUT2D eigenvalue weighted by atomic mass is 35.5. The summed E-state index contributed by atoms with van der Waals surface area (Å²) in [4.78, 5) is 18.8. The molecule has 1 N–H and O–H groups in total. The number of hydrogen-bond acceptors (Lipinski definition) is 4. The van der Waals surface area contributed by atoms with Crippen LogP contribution in [0.3, 0.4) is 0 Å². The second-order valence-corrected chi connectivity index (χ2v) is 3.81. The minimum absolute atomic E-state index is 0.158. The third kappa shape index (κ3) is 1.87. The third-order valence-corrected chi connectivity index (χ3v) is 2.83. The van der Waals surface area contributed by atoms with Gasteiger partial charge in [0.1, 0.15) is 0 Å². The molecule has 0 aliphatic heterocycles. The molecule has 0 radical (unpaired) electrons. The van der Waals surface area contributed by atoms with E-state index in [1.165, 1.54) is 17.1 Å². The fourth-order valence-corrected chi connectivity index (χ4v) is 1.58. The molecule has 0 aliphatic carbocycles. The van der Waals surface area contributed by atoms with Crippen LogP contribution in [-0.2, 0) is 0 Å². The highest BCUT2D eigenvalue weighted by molar-refractivity contribution is 6.31. The molecule has 2 aromatic heterocycles. The summed E-state index contributed by atoms with van der Waals surface area (Å²) in [5, 5.41) is 13.7. The van der Waals surface area contributed by atoms with Crippen LogP contribution in [0.5, 0.6) is 0 Å². The molecule has 0 aliphatic rings. The van der Waals surface area contributed by atoms with Crippen molar-refractivity contribution in [1.29, 1.82) is 0 Å². The number of hydrogen-bond donors (Lipinski definition) is 1. The molecule has 0 spiro atoms. The lowest BCUT2D eigenvalue weighted by molar-refractivity contribution is 0.0689. The molecule has 0 saturated carbocycles. The van der Waals surface area contributed by atoms with Gasteiger partial charge in [-0.05, 0) is 13.8 Å². The van der Waals surface area contributed by atoms with E-state index in [1.54, 1.807) is 13.8 Å². The number of rotatable bonds is 2. The second kappa shape index (κ2) is 4.14. The molecule has 7 heteroatoms. The van der Waals surface area contributed by atoms with Crippen molar-refractivity contribution >= 4 is 17.6 Å². The standard InChI is InChI=1S/C10H9ClN4O2/c1-5-7(11)6(2)15(14-5)9-8(10(16)17)12-3-4-13-9/h3-4H,1-2H3,(H,16,17). The van der Waals surface area contributed by atoms with Crippen molar-refractivity contribution in [3.63, 3.8) is 0 Å². The van der Waals surface area contributed by atoms with Crippen LogP contribution in [0.1, 0.15) is 21.9 Å². The SMILES string of the molecule is Cc1nn(-c2nccnc2C(=O)O)c(C)c1Cl. The first-order valence-electron chi connectivity index (χ1n) is 4.78. The summed E-state index contributed by atoms with van der Waals surface area (Å²) in [6.45, 7) is 3.48. The third-order valence-electron chi connectivity index (χ3n) is 2.29. The average Bonchev–Trinajstić information content (AvgIpc) is 2.57. The Kier molecular flexibility index (Phi) is 2.81. The predicted octanol–water partition coefficient (Wildman–Crippen LogP) is 1.63. The first-order chi connectivity index (χ1) is 8.02. The Morgan fingerprint density at radius 2 is 2.00 bits per heavy atom. The number of nitrogens with zero attached hydrogens (tertiary/aromatic N) is 4. The van der Waals surface area contributed by atoms with Crippen molar-refractivity contribution in [2.75, 3.05) is 0 Å². The smallest absolute Gasteiger partial charge is 0.358 e. The van der Waals surface area contributed by atoms with Crippen LogP contribution in [0.2, 0.25) is 5.02 Å². The molecule has 0 fully saturated rings. The van der Waals surface area contributed by atoms with Crippen LogP contribution in [0, 0.1) is 13.8 Å². The lowest BCUT2D eigenvalue weighted by Gasteiger charge is -2.05. The molecule has 0 unspecified atom stereocenters. The van der Waals surface area contributed by atoms with E-state index >= 15 is 0 Å². The summed E-state index contributed by atoms with van der Waals surface area (Å²) in [6.07, 6.45) is 2.73. The second-order valence-electron chi connectivity index (χ2n) is 3.43. The van der Waals surface area contributed by atoms with Crippen LogP contribution >= 0.6 is 11.6 Å². The topological polar surface area (TPSA) is 80.9 Å². The molecule has 0 amide bonds. The van der Waals surface area contributed by atoms with E-state index < -0.39 is 5.97 Å². The number of halogens is 1. The Hall–Kier alpha value is -1.95. The van der Waals surface area contributed by atoms with Gasteiger partial charge in [0.05, 0.1) is 16.4 Å². The van der Waals surface area contributed by atoms with Crippen molar-refractivity contribution in [3.8, 4) is 5.82 Å². The Labute approximate surface area is 102 Å². The summed E-state index contributed by atoms with van der Waals surface area (Å²) >= 11 is 6.00. The summed E-state index contributed by atoms with van der Waals surface area (Å²) in [5.74, 6) is -0.996. The fraction of sp³-hybridized carbons (Fsp3) is 0.200. The minimum Gasteiger partial charge on any atom is -0.476 e. The zero-order valence-corrected chi connectivity index (χ0v) is 9.93. The zero-order valence-electron chi connectivity index (χ0n) is 9.18. The van der Waals surface area contributed by atoms with Gasteiger partial charge in [-0.3, -0.25) is 0 Å². The van der Waals surface area contributed by atoms with Crippen LogP contribution in [-0.4, -0.2) is 30.8 Å². The Balaban J connectivity index is 2.68. The van der Waals surface area contributed by atoms with Gasteiger partial charge in [-0.2, -0.15) is 5.10 Å². The maximum atomic E-state index is 11.0. The Bertz CT molecular complexity index is 594.